The highest BCUT2D eigenvalue weighted by molar-refractivity contribution is 9.10. The molecule has 0 saturated heterocycles. The van der Waals surface area contributed by atoms with E-state index in [1.807, 2.05) is 0 Å². The Labute approximate surface area is 121 Å². The highest BCUT2D eigenvalue weighted by Gasteiger charge is 2.32. The average Bonchev–Trinajstić information content (AvgIpc) is 2.75. The molecule has 0 bridgehead atoms. The summed E-state index contributed by atoms with van der Waals surface area (Å²) in [5.41, 5.74) is 0.171. The van der Waals surface area contributed by atoms with E-state index in [0.717, 1.165) is 18.3 Å². The molecule has 1 saturated carbocycles. The van der Waals surface area contributed by atoms with Gasteiger partial charge in [0.2, 0.25) is 0 Å². The van der Waals surface area contributed by atoms with E-state index in [2.05, 4.69) is 39.6 Å². The molecule has 1 aliphatic carbocycles. The van der Waals surface area contributed by atoms with Crippen LogP contribution in [-0.4, -0.2) is 11.4 Å². The van der Waals surface area contributed by atoms with Crippen molar-refractivity contribution in [3.63, 3.8) is 0 Å². The minimum atomic E-state index is 0.171. The van der Waals surface area contributed by atoms with Gasteiger partial charge < -0.3 is 5.32 Å². The van der Waals surface area contributed by atoms with Crippen molar-refractivity contribution in [2.45, 2.75) is 44.7 Å². The number of nitrogens with one attached hydrogen (secondary N) is 1. The fourth-order valence-corrected chi connectivity index (χ4v) is 4.15. The summed E-state index contributed by atoms with van der Waals surface area (Å²) >= 11 is 11.5. The zero-order chi connectivity index (χ0) is 12.3. The quantitative estimate of drug-likeness (QED) is 0.780. The lowest BCUT2D eigenvalue weighted by Gasteiger charge is -2.39. The third-order valence-corrected chi connectivity index (χ3v) is 5.96. The minimum Gasteiger partial charge on any atom is -0.305 e. The Hall–Kier alpha value is 0.430. The Balaban J connectivity index is 1.91. The maximum Gasteiger partial charge on any atom is 0.0406 e. The van der Waals surface area contributed by atoms with Crippen LogP contribution in [0.15, 0.2) is 15.9 Å². The van der Waals surface area contributed by atoms with Gasteiger partial charge in [0.15, 0.2) is 0 Å². The maximum atomic E-state index is 6.19. The van der Waals surface area contributed by atoms with E-state index >= 15 is 0 Å². The van der Waals surface area contributed by atoms with Crippen molar-refractivity contribution < 1.29 is 0 Å². The van der Waals surface area contributed by atoms with Gasteiger partial charge in [0.05, 0.1) is 0 Å². The molecule has 2 rings (SSSR count). The summed E-state index contributed by atoms with van der Waals surface area (Å²) in [5.74, 6) is 1.59. The Bertz CT molecular complexity index is 358. The third-order valence-electron chi connectivity index (χ3n) is 3.75. The second-order valence-corrected chi connectivity index (χ2v) is 7.36. The van der Waals surface area contributed by atoms with Gasteiger partial charge in [0.1, 0.15) is 0 Å². The first-order valence-corrected chi connectivity index (χ1v) is 8.38. The van der Waals surface area contributed by atoms with Crippen molar-refractivity contribution in [2.75, 3.05) is 5.88 Å². The molecule has 0 aliphatic heterocycles. The molecule has 0 radical (unpaired) electrons. The van der Waals surface area contributed by atoms with Crippen molar-refractivity contribution in [1.82, 2.24) is 5.32 Å². The Morgan fingerprint density at radius 3 is 2.76 bits per heavy atom. The number of hydrogen-bond donors (Lipinski definition) is 1. The van der Waals surface area contributed by atoms with Gasteiger partial charge in [-0.3, -0.25) is 0 Å². The summed E-state index contributed by atoms with van der Waals surface area (Å²) in [4.78, 5) is 1.37. The van der Waals surface area contributed by atoms with Crippen LogP contribution in [-0.2, 0) is 6.54 Å². The largest absolute Gasteiger partial charge is 0.305 e. The van der Waals surface area contributed by atoms with Gasteiger partial charge in [0.25, 0.3) is 0 Å². The van der Waals surface area contributed by atoms with E-state index in [1.54, 1.807) is 11.3 Å². The lowest BCUT2D eigenvalue weighted by Crippen LogP contribution is -2.48. The minimum absolute atomic E-state index is 0.171. The van der Waals surface area contributed by atoms with E-state index in [4.69, 9.17) is 11.6 Å². The van der Waals surface area contributed by atoms with E-state index in [0.29, 0.717) is 0 Å². The standard InChI is InChI=1S/C13H19BrClNS/c1-10-2-4-13(9-15,5-3-10)16-7-12-6-11(14)8-17-12/h6,8,10,16H,2-5,7,9H2,1H3. The lowest BCUT2D eigenvalue weighted by molar-refractivity contribution is 0.216. The number of hydrogen-bond acceptors (Lipinski definition) is 2. The molecule has 1 aliphatic rings. The molecule has 1 nitrogen and oxygen atoms in total. The predicted molar refractivity (Wildman–Crippen MR) is 79.9 cm³/mol. The first kappa shape index (κ1) is 13.9. The Morgan fingerprint density at radius 1 is 1.53 bits per heavy atom. The molecule has 0 unspecified atom stereocenters. The summed E-state index contributed by atoms with van der Waals surface area (Å²) < 4.78 is 1.18. The molecule has 4 heteroatoms. The molecule has 17 heavy (non-hydrogen) atoms. The molecule has 0 atom stereocenters. The van der Waals surface area contributed by atoms with E-state index in [9.17, 15) is 0 Å². The number of alkyl halides is 1. The Kier molecular flexibility index (Phi) is 4.93. The lowest BCUT2D eigenvalue weighted by atomic mass is 9.78. The third kappa shape index (κ3) is 3.69. The summed E-state index contributed by atoms with van der Waals surface area (Å²) in [6.07, 6.45) is 5.02. The van der Waals surface area contributed by atoms with Crippen LogP contribution in [0.1, 0.15) is 37.5 Å². The zero-order valence-corrected chi connectivity index (χ0v) is 13.3. The van der Waals surface area contributed by atoms with Crippen molar-refractivity contribution in [1.29, 1.82) is 0 Å². The van der Waals surface area contributed by atoms with Crippen LogP contribution < -0.4 is 5.32 Å². The average molecular weight is 337 g/mol. The van der Waals surface area contributed by atoms with Gasteiger partial charge in [-0.1, -0.05) is 6.92 Å². The monoisotopic (exact) mass is 335 g/mol. The van der Waals surface area contributed by atoms with Crippen LogP contribution in [0.5, 0.6) is 0 Å². The second-order valence-electron chi connectivity index (χ2n) is 5.18. The normalized spacial score (nSPS) is 29.5. The molecule has 96 valence electrons. The summed E-state index contributed by atoms with van der Waals surface area (Å²) in [5, 5.41) is 5.82. The highest BCUT2D eigenvalue weighted by Crippen LogP contribution is 2.33. The first-order valence-electron chi connectivity index (χ1n) is 6.17. The van der Waals surface area contributed by atoms with Crippen LogP contribution in [0.4, 0.5) is 0 Å². The molecule has 0 aromatic carbocycles. The van der Waals surface area contributed by atoms with Gasteiger partial charge in [0, 0.05) is 32.7 Å². The van der Waals surface area contributed by atoms with Gasteiger partial charge in [-0.05, 0) is 53.6 Å². The summed E-state index contributed by atoms with van der Waals surface area (Å²) in [6.45, 7) is 3.28. The predicted octanol–water partition coefficient (Wildman–Crippen LogP) is 4.79. The topological polar surface area (TPSA) is 12.0 Å². The first-order chi connectivity index (χ1) is 8.13. The fraction of sp³-hybridized carbons (Fsp3) is 0.692. The van der Waals surface area contributed by atoms with Crippen LogP contribution >= 0.6 is 38.9 Å². The summed E-state index contributed by atoms with van der Waals surface area (Å²) in [7, 11) is 0. The van der Waals surface area contributed by atoms with Crippen molar-refractivity contribution in [2.24, 2.45) is 5.92 Å². The molecular weight excluding hydrogens is 318 g/mol. The van der Waals surface area contributed by atoms with Crippen molar-refractivity contribution in [3.05, 3.63) is 20.8 Å². The van der Waals surface area contributed by atoms with Gasteiger partial charge in [-0.15, -0.1) is 22.9 Å². The molecule has 0 spiro atoms. The smallest absolute Gasteiger partial charge is 0.0406 e. The maximum absolute atomic E-state index is 6.19. The van der Waals surface area contributed by atoms with E-state index in [1.165, 1.54) is 35.0 Å². The highest BCUT2D eigenvalue weighted by atomic mass is 79.9. The van der Waals surface area contributed by atoms with E-state index < -0.39 is 0 Å². The molecule has 1 aromatic heterocycles. The van der Waals surface area contributed by atoms with Crippen LogP contribution in [0.2, 0.25) is 0 Å². The number of thiophene rings is 1. The number of rotatable bonds is 4. The molecule has 1 N–H and O–H groups in total. The molecule has 1 heterocycles. The van der Waals surface area contributed by atoms with Crippen molar-refractivity contribution in [3.8, 4) is 0 Å². The fourth-order valence-electron chi connectivity index (χ4n) is 2.39. The van der Waals surface area contributed by atoms with E-state index in [-0.39, 0.29) is 5.54 Å². The molecule has 1 fully saturated rings. The Morgan fingerprint density at radius 2 is 2.24 bits per heavy atom. The molecule has 0 amide bonds. The van der Waals surface area contributed by atoms with Crippen LogP contribution in [0.3, 0.4) is 0 Å². The van der Waals surface area contributed by atoms with Crippen LogP contribution in [0.25, 0.3) is 0 Å². The zero-order valence-electron chi connectivity index (χ0n) is 10.1. The second kappa shape index (κ2) is 6.05. The van der Waals surface area contributed by atoms with Crippen molar-refractivity contribution >= 4 is 38.9 Å². The van der Waals surface area contributed by atoms with Crippen LogP contribution in [0, 0.1) is 5.92 Å². The summed E-state index contributed by atoms with van der Waals surface area (Å²) in [6, 6.07) is 2.19. The SMILES string of the molecule is CC1CCC(CCl)(NCc2cc(Br)cs2)CC1. The molecular formula is C13H19BrClNS. The molecule has 1 aromatic rings. The van der Waals surface area contributed by atoms with Gasteiger partial charge in [-0.25, -0.2) is 0 Å². The number of halogens is 2. The van der Waals surface area contributed by atoms with Gasteiger partial charge >= 0.3 is 0 Å². The van der Waals surface area contributed by atoms with Gasteiger partial charge in [-0.2, -0.15) is 0 Å².